The summed E-state index contributed by atoms with van der Waals surface area (Å²) in [6.07, 6.45) is 0. The normalized spacial score (nSPS) is 10.1. The van der Waals surface area contributed by atoms with Crippen LogP contribution < -0.4 is 10.1 Å². The second-order valence-corrected chi connectivity index (χ2v) is 5.10. The predicted octanol–water partition coefficient (Wildman–Crippen LogP) is 2.77. The largest absolute Gasteiger partial charge is 0.496 e. The molecule has 0 spiro atoms. The van der Waals surface area contributed by atoms with Crippen LogP contribution in [0.15, 0.2) is 22.9 Å². The Balaban J connectivity index is 2.16. The minimum absolute atomic E-state index is 0.117. The van der Waals surface area contributed by atoms with Gasteiger partial charge in [0.1, 0.15) is 10.6 Å². The van der Waals surface area contributed by atoms with Gasteiger partial charge in [-0.1, -0.05) is 0 Å². The molecule has 2 aromatic rings. The molecule has 0 atom stereocenters. The Hall–Kier alpha value is -1.86. The summed E-state index contributed by atoms with van der Waals surface area (Å²) in [6.45, 7) is 0. The highest BCUT2D eigenvalue weighted by atomic mass is 32.1. The molecular formula is C11H9NO4S2. The number of nitrogens with one attached hydrogen (secondary N) is 1. The van der Waals surface area contributed by atoms with E-state index >= 15 is 0 Å². The summed E-state index contributed by atoms with van der Waals surface area (Å²) in [5.74, 6) is -0.790. The number of aromatic carboxylic acids is 1. The smallest absolute Gasteiger partial charge is 0.348 e. The molecule has 7 heteroatoms. The lowest BCUT2D eigenvalue weighted by molar-refractivity contribution is 0.0703. The summed E-state index contributed by atoms with van der Waals surface area (Å²) >= 11 is 2.31. The van der Waals surface area contributed by atoms with Gasteiger partial charge in [-0.05, 0) is 11.4 Å². The molecule has 0 saturated carbocycles. The van der Waals surface area contributed by atoms with E-state index in [1.54, 1.807) is 22.9 Å². The molecule has 94 valence electrons. The summed E-state index contributed by atoms with van der Waals surface area (Å²) in [5, 5.41) is 14.8. The zero-order valence-corrected chi connectivity index (χ0v) is 10.9. The molecule has 5 nitrogen and oxygen atoms in total. The van der Waals surface area contributed by atoms with E-state index in [0.717, 1.165) is 11.3 Å². The second-order valence-electron chi connectivity index (χ2n) is 3.27. The highest BCUT2D eigenvalue weighted by Gasteiger charge is 2.16. The zero-order chi connectivity index (χ0) is 13.1. The number of rotatable bonds is 4. The minimum atomic E-state index is -1.05. The highest BCUT2D eigenvalue weighted by Crippen LogP contribution is 2.25. The summed E-state index contributed by atoms with van der Waals surface area (Å²) in [5.41, 5.74) is 0.310. The molecular weight excluding hydrogens is 274 g/mol. The van der Waals surface area contributed by atoms with Crippen molar-refractivity contribution in [3.8, 4) is 5.75 Å². The zero-order valence-electron chi connectivity index (χ0n) is 9.30. The molecule has 2 N–H and O–H groups in total. The first-order valence-corrected chi connectivity index (χ1v) is 6.62. The van der Waals surface area contributed by atoms with Crippen molar-refractivity contribution in [2.75, 3.05) is 12.4 Å². The Morgan fingerprint density at radius 3 is 2.78 bits per heavy atom. The number of carbonyl (C=O) groups is 2. The monoisotopic (exact) mass is 283 g/mol. The molecule has 0 radical (unpaired) electrons. The third-order valence-electron chi connectivity index (χ3n) is 2.14. The molecule has 0 aliphatic rings. The first-order chi connectivity index (χ1) is 8.61. The van der Waals surface area contributed by atoms with Crippen LogP contribution in [0.3, 0.4) is 0 Å². The lowest BCUT2D eigenvalue weighted by Crippen LogP contribution is -2.11. The van der Waals surface area contributed by atoms with Crippen molar-refractivity contribution in [1.29, 1.82) is 0 Å². The molecule has 0 unspecified atom stereocenters. The number of methoxy groups -OCH3 is 1. The molecule has 2 heterocycles. The minimum Gasteiger partial charge on any atom is -0.496 e. The van der Waals surface area contributed by atoms with Crippen molar-refractivity contribution in [2.24, 2.45) is 0 Å². The van der Waals surface area contributed by atoms with E-state index in [1.807, 2.05) is 0 Å². The van der Waals surface area contributed by atoms with Crippen molar-refractivity contribution in [3.05, 3.63) is 32.6 Å². The molecule has 0 fully saturated rings. The van der Waals surface area contributed by atoms with Crippen molar-refractivity contribution in [2.45, 2.75) is 0 Å². The number of ether oxygens (including phenoxy) is 1. The predicted molar refractivity (Wildman–Crippen MR) is 70.1 cm³/mol. The van der Waals surface area contributed by atoms with Crippen LogP contribution in [0.5, 0.6) is 5.75 Å². The van der Waals surface area contributed by atoms with E-state index in [-0.39, 0.29) is 10.8 Å². The molecule has 2 rings (SSSR count). The van der Waals surface area contributed by atoms with Crippen LogP contribution in [-0.2, 0) is 0 Å². The number of carbonyl (C=O) groups excluding carboxylic acids is 1. The quantitative estimate of drug-likeness (QED) is 0.904. The number of anilines is 1. The van der Waals surface area contributed by atoms with E-state index in [2.05, 4.69) is 5.32 Å². The van der Waals surface area contributed by atoms with Gasteiger partial charge in [-0.15, -0.1) is 22.7 Å². The number of amides is 1. The number of hydrogen-bond donors (Lipinski definition) is 2. The van der Waals surface area contributed by atoms with Crippen LogP contribution in [-0.4, -0.2) is 24.1 Å². The number of carboxylic acids is 1. The Morgan fingerprint density at radius 2 is 2.17 bits per heavy atom. The Labute approximate surface area is 111 Å². The van der Waals surface area contributed by atoms with E-state index in [0.29, 0.717) is 16.3 Å². The standard InChI is InChI=1S/C11H9NO4S2/c1-16-6-4-8(18-5-6)10(13)12-7-2-3-17-9(7)11(14)15/h2-5H,1H3,(H,12,13)(H,14,15). The van der Waals surface area contributed by atoms with E-state index in [4.69, 9.17) is 9.84 Å². The van der Waals surface area contributed by atoms with E-state index in [9.17, 15) is 9.59 Å². The van der Waals surface area contributed by atoms with Gasteiger partial charge in [0.15, 0.2) is 0 Å². The summed E-state index contributed by atoms with van der Waals surface area (Å²) < 4.78 is 4.98. The fraction of sp³-hybridized carbons (Fsp3) is 0.0909. The van der Waals surface area contributed by atoms with Gasteiger partial charge in [0.05, 0.1) is 17.7 Å². The van der Waals surface area contributed by atoms with Crippen molar-refractivity contribution < 1.29 is 19.4 Å². The van der Waals surface area contributed by atoms with Crippen LogP contribution in [0.2, 0.25) is 0 Å². The fourth-order valence-corrected chi connectivity index (χ4v) is 2.74. The van der Waals surface area contributed by atoms with Gasteiger partial charge in [0, 0.05) is 11.4 Å². The topological polar surface area (TPSA) is 75.6 Å². The third-order valence-corrected chi connectivity index (χ3v) is 3.95. The average Bonchev–Trinajstić information content (AvgIpc) is 2.96. The molecule has 0 aromatic carbocycles. The Kier molecular flexibility index (Phi) is 3.63. The van der Waals surface area contributed by atoms with E-state index in [1.165, 1.54) is 18.4 Å². The van der Waals surface area contributed by atoms with Crippen molar-refractivity contribution in [3.63, 3.8) is 0 Å². The maximum absolute atomic E-state index is 11.9. The van der Waals surface area contributed by atoms with Crippen LogP contribution in [0.25, 0.3) is 0 Å². The Bertz CT molecular complexity index is 587. The van der Waals surface area contributed by atoms with Crippen LogP contribution >= 0.6 is 22.7 Å². The van der Waals surface area contributed by atoms with Gasteiger partial charge >= 0.3 is 5.97 Å². The van der Waals surface area contributed by atoms with Gasteiger partial charge in [0.25, 0.3) is 5.91 Å². The first-order valence-electron chi connectivity index (χ1n) is 4.86. The molecule has 0 bridgehead atoms. The number of thiophene rings is 2. The van der Waals surface area contributed by atoms with Crippen LogP contribution in [0.4, 0.5) is 5.69 Å². The van der Waals surface area contributed by atoms with Gasteiger partial charge in [-0.25, -0.2) is 4.79 Å². The lowest BCUT2D eigenvalue weighted by Gasteiger charge is -2.01. The number of hydrogen-bond acceptors (Lipinski definition) is 5. The third kappa shape index (κ3) is 2.52. The van der Waals surface area contributed by atoms with Gasteiger partial charge < -0.3 is 15.2 Å². The van der Waals surface area contributed by atoms with Gasteiger partial charge in [0.2, 0.25) is 0 Å². The number of carboxylic acid groups (broad SMARTS) is 1. The summed E-state index contributed by atoms with van der Waals surface area (Å²) in [4.78, 5) is 23.3. The van der Waals surface area contributed by atoms with Crippen molar-refractivity contribution >= 4 is 40.2 Å². The van der Waals surface area contributed by atoms with Crippen LogP contribution in [0.1, 0.15) is 19.3 Å². The average molecular weight is 283 g/mol. The van der Waals surface area contributed by atoms with Crippen LogP contribution in [0, 0.1) is 0 Å². The van der Waals surface area contributed by atoms with E-state index < -0.39 is 5.97 Å². The molecule has 0 saturated heterocycles. The highest BCUT2D eigenvalue weighted by molar-refractivity contribution is 7.13. The molecule has 18 heavy (non-hydrogen) atoms. The SMILES string of the molecule is COc1csc(C(=O)Nc2ccsc2C(=O)O)c1. The molecule has 2 aromatic heterocycles. The second kappa shape index (κ2) is 5.19. The van der Waals surface area contributed by atoms with Gasteiger partial charge in [-0.2, -0.15) is 0 Å². The lowest BCUT2D eigenvalue weighted by atomic mass is 10.3. The summed E-state index contributed by atoms with van der Waals surface area (Å²) in [7, 11) is 1.52. The molecule has 0 aliphatic carbocycles. The van der Waals surface area contributed by atoms with Gasteiger partial charge in [-0.3, -0.25) is 4.79 Å². The molecule has 0 aliphatic heterocycles. The van der Waals surface area contributed by atoms with Crippen molar-refractivity contribution in [1.82, 2.24) is 0 Å². The maximum atomic E-state index is 11.9. The molecule has 1 amide bonds. The Morgan fingerprint density at radius 1 is 1.39 bits per heavy atom. The first kappa shape index (κ1) is 12.6. The maximum Gasteiger partial charge on any atom is 0.348 e. The summed E-state index contributed by atoms with van der Waals surface area (Å²) in [6, 6.07) is 3.17. The fourth-order valence-electron chi connectivity index (χ4n) is 1.30.